The van der Waals surface area contributed by atoms with Gasteiger partial charge in [0.05, 0.1) is 11.5 Å². The Bertz CT molecular complexity index is 525. The minimum atomic E-state index is -4.38. The molecule has 0 aliphatic rings. The first-order valence-corrected chi connectivity index (χ1v) is 8.40. The summed E-state index contributed by atoms with van der Waals surface area (Å²) in [5.74, 6) is -0.402. The minimum absolute atomic E-state index is 0.0444. The largest absolute Gasteiger partial charge is 0.441 e. The lowest BCUT2D eigenvalue weighted by Crippen LogP contribution is -2.27. The average molecular weight is 335 g/mol. The van der Waals surface area contributed by atoms with Gasteiger partial charge in [-0.1, -0.05) is 0 Å². The third-order valence-electron chi connectivity index (χ3n) is 2.06. The summed E-state index contributed by atoms with van der Waals surface area (Å²) >= 11 is 0.804. The van der Waals surface area contributed by atoms with Crippen LogP contribution >= 0.6 is 23.1 Å². The van der Waals surface area contributed by atoms with Gasteiger partial charge in [0.2, 0.25) is 10.0 Å². The van der Waals surface area contributed by atoms with Gasteiger partial charge in [-0.3, -0.25) is 0 Å². The van der Waals surface area contributed by atoms with Gasteiger partial charge in [0.25, 0.3) is 0 Å². The van der Waals surface area contributed by atoms with E-state index in [-0.39, 0.29) is 28.1 Å². The Morgan fingerprint density at radius 3 is 2.63 bits per heavy atom. The molecule has 0 aliphatic heterocycles. The van der Waals surface area contributed by atoms with Crippen LogP contribution in [0.4, 0.5) is 13.2 Å². The molecular formula is C9H12F3NO3S3. The van der Waals surface area contributed by atoms with Crippen LogP contribution in [-0.2, 0) is 16.6 Å². The van der Waals surface area contributed by atoms with Gasteiger partial charge in [0, 0.05) is 12.3 Å². The first kappa shape index (κ1) is 16.8. The molecule has 19 heavy (non-hydrogen) atoms. The molecule has 1 heterocycles. The van der Waals surface area contributed by atoms with E-state index in [1.165, 1.54) is 0 Å². The summed E-state index contributed by atoms with van der Waals surface area (Å²) in [6.45, 7) is 0.813. The second kappa shape index (κ2) is 6.44. The van der Waals surface area contributed by atoms with Gasteiger partial charge in [-0.25, -0.2) is 13.1 Å². The predicted molar refractivity (Wildman–Crippen MR) is 68.7 cm³/mol. The molecule has 110 valence electrons. The fourth-order valence-electron chi connectivity index (χ4n) is 1.37. The number of hydrogen-bond donors (Lipinski definition) is 2. The van der Waals surface area contributed by atoms with E-state index < -0.39 is 27.9 Å². The zero-order valence-electron chi connectivity index (χ0n) is 9.82. The average Bonchev–Trinajstić information content (AvgIpc) is 2.65. The quantitative estimate of drug-likeness (QED) is 0.781. The fourth-order valence-corrected chi connectivity index (χ4v) is 4.63. The molecule has 4 nitrogen and oxygen atoms in total. The molecule has 0 aliphatic carbocycles. The van der Waals surface area contributed by atoms with Crippen molar-refractivity contribution >= 4 is 33.1 Å². The van der Waals surface area contributed by atoms with Crippen molar-refractivity contribution in [3.05, 3.63) is 15.8 Å². The zero-order chi connectivity index (χ0) is 14.7. The van der Waals surface area contributed by atoms with Gasteiger partial charge in [0.15, 0.2) is 0 Å². The maximum Gasteiger partial charge on any atom is 0.441 e. The highest BCUT2D eigenvalue weighted by Gasteiger charge is 2.28. The van der Waals surface area contributed by atoms with Crippen molar-refractivity contribution in [1.82, 2.24) is 4.72 Å². The molecule has 1 aromatic rings. The van der Waals surface area contributed by atoms with Crippen LogP contribution in [0, 0.1) is 6.92 Å². The van der Waals surface area contributed by atoms with Crippen molar-refractivity contribution in [3.63, 3.8) is 0 Å². The Labute approximate surface area is 117 Å². The highest BCUT2D eigenvalue weighted by Crippen LogP contribution is 2.30. The molecule has 0 unspecified atom stereocenters. The van der Waals surface area contributed by atoms with E-state index in [1.54, 1.807) is 12.3 Å². The first-order chi connectivity index (χ1) is 8.67. The number of sulfonamides is 1. The number of hydrogen-bond acceptors (Lipinski definition) is 5. The first-order valence-electron chi connectivity index (χ1n) is 5.05. The second-order valence-electron chi connectivity index (χ2n) is 3.52. The normalized spacial score (nSPS) is 12.9. The van der Waals surface area contributed by atoms with Crippen molar-refractivity contribution in [2.75, 3.05) is 12.3 Å². The third kappa shape index (κ3) is 4.95. The predicted octanol–water partition coefficient (Wildman–Crippen LogP) is 2.08. The van der Waals surface area contributed by atoms with Crippen molar-refractivity contribution in [1.29, 1.82) is 0 Å². The summed E-state index contributed by atoms with van der Waals surface area (Å²) in [4.78, 5) is 0.227. The Morgan fingerprint density at radius 1 is 1.47 bits per heavy atom. The second-order valence-corrected chi connectivity index (χ2v) is 7.35. The molecule has 2 N–H and O–H groups in total. The van der Waals surface area contributed by atoms with Crippen LogP contribution in [0.3, 0.4) is 0 Å². The Hall–Kier alpha value is -0.290. The van der Waals surface area contributed by atoms with Crippen LogP contribution in [-0.4, -0.2) is 31.3 Å². The molecule has 0 aromatic carbocycles. The lowest BCUT2D eigenvalue weighted by Gasteiger charge is -2.09. The van der Waals surface area contributed by atoms with E-state index in [4.69, 9.17) is 5.11 Å². The number of thioether (sulfide) groups is 1. The van der Waals surface area contributed by atoms with Crippen LogP contribution in [0.1, 0.15) is 10.4 Å². The van der Waals surface area contributed by atoms with Crippen LogP contribution in [0.15, 0.2) is 10.3 Å². The lowest BCUT2D eigenvalue weighted by atomic mass is 10.3. The third-order valence-corrected chi connectivity index (χ3v) is 5.71. The summed E-state index contributed by atoms with van der Waals surface area (Å²) in [6.07, 6.45) is 0. The summed E-state index contributed by atoms with van der Waals surface area (Å²) < 4.78 is 61.6. The Balaban J connectivity index is 2.69. The molecule has 10 heteroatoms. The molecule has 1 rings (SSSR count). The number of aliphatic hydroxyl groups is 1. The lowest BCUT2D eigenvalue weighted by molar-refractivity contribution is -0.0327. The van der Waals surface area contributed by atoms with Gasteiger partial charge < -0.3 is 5.11 Å². The molecule has 0 atom stereocenters. The maximum atomic E-state index is 11.9. The Kier molecular flexibility index (Phi) is 5.68. The summed E-state index contributed by atoms with van der Waals surface area (Å²) in [7, 11) is -3.89. The summed E-state index contributed by atoms with van der Waals surface area (Å²) in [6, 6.07) is 0. The maximum absolute atomic E-state index is 11.9. The molecule has 0 saturated carbocycles. The number of aryl methyl sites for hydroxylation is 1. The fraction of sp³-hybridized carbons (Fsp3) is 0.556. The molecule has 0 spiro atoms. The van der Waals surface area contributed by atoms with Crippen molar-refractivity contribution in [2.45, 2.75) is 23.9 Å². The molecule has 0 saturated heterocycles. The van der Waals surface area contributed by atoms with Gasteiger partial charge in [-0.15, -0.1) is 11.3 Å². The monoisotopic (exact) mass is 335 g/mol. The van der Waals surface area contributed by atoms with Crippen molar-refractivity contribution < 1.29 is 26.7 Å². The van der Waals surface area contributed by atoms with E-state index >= 15 is 0 Å². The number of halogens is 3. The number of thiophene rings is 1. The molecule has 0 bridgehead atoms. The number of alkyl halides is 3. The van der Waals surface area contributed by atoms with Crippen LogP contribution in [0.25, 0.3) is 0 Å². The van der Waals surface area contributed by atoms with Gasteiger partial charge in [-0.2, -0.15) is 13.2 Å². The smallest absolute Gasteiger partial charge is 0.391 e. The molecule has 0 amide bonds. The SMILES string of the molecule is Cc1csc(CO)c1S(=O)(=O)NCCSC(F)(F)F. The highest BCUT2D eigenvalue weighted by molar-refractivity contribution is 8.00. The number of nitrogens with one attached hydrogen (secondary N) is 1. The Morgan fingerprint density at radius 2 is 2.11 bits per heavy atom. The van der Waals surface area contributed by atoms with E-state index in [9.17, 15) is 21.6 Å². The van der Waals surface area contributed by atoms with E-state index in [0.29, 0.717) is 5.56 Å². The van der Waals surface area contributed by atoms with E-state index in [0.717, 1.165) is 11.3 Å². The molecule has 0 fully saturated rings. The number of rotatable bonds is 6. The van der Waals surface area contributed by atoms with Crippen LogP contribution in [0.2, 0.25) is 0 Å². The summed E-state index contributed by atoms with van der Waals surface area (Å²) in [5, 5.41) is 10.6. The van der Waals surface area contributed by atoms with Gasteiger partial charge in [0.1, 0.15) is 4.90 Å². The van der Waals surface area contributed by atoms with Crippen LogP contribution < -0.4 is 4.72 Å². The summed E-state index contributed by atoms with van der Waals surface area (Å²) in [5.41, 5.74) is -3.91. The topological polar surface area (TPSA) is 66.4 Å². The highest BCUT2D eigenvalue weighted by atomic mass is 32.2. The number of aliphatic hydroxyl groups excluding tert-OH is 1. The zero-order valence-corrected chi connectivity index (χ0v) is 12.3. The van der Waals surface area contributed by atoms with Crippen LogP contribution in [0.5, 0.6) is 0 Å². The van der Waals surface area contributed by atoms with Crippen molar-refractivity contribution in [2.24, 2.45) is 0 Å². The van der Waals surface area contributed by atoms with Gasteiger partial charge >= 0.3 is 5.51 Å². The molecule has 0 radical (unpaired) electrons. The van der Waals surface area contributed by atoms with Gasteiger partial charge in [-0.05, 0) is 29.6 Å². The van der Waals surface area contributed by atoms with Crippen molar-refractivity contribution in [3.8, 4) is 0 Å². The minimum Gasteiger partial charge on any atom is -0.391 e. The molecule has 1 aromatic heterocycles. The van der Waals surface area contributed by atoms with E-state index in [1.807, 2.05) is 0 Å². The standard InChI is InChI=1S/C9H12F3NO3S3/c1-6-5-17-7(4-14)8(6)19(15,16)13-2-3-18-9(10,11)12/h5,13-14H,2-4H2,1H3. The van der Waals surface area contributed by atoms with E-state index in [2.05, 4.69) is 4.72 Å². The molecular weight excluding hydrogens is 323 g/mol.